The predicted molar refractivity (Wildman–Crippen MR) is 76.5 cm³/mol. The van der Waals surface area contributed by atoms with E-state index in [1.807, 2.05) is 6.07 Å². The first-order valence-corrected chi connectivity index (χ1v) is 7.51. The number of thioether (sulfide) groups is 1. The van der Waals surface area contributed by atoms with Crippen LogP contribution in [0.25, 0.3) is 0 Å². The molecule has 1 aromatic heterocycles. The van der Waals surface area contributed by atoms with E-state index in [-0.39, 0.29) is 12.0 Å². The van der Waals surface area contributed by atoms with Crippen LogP contribution in [0.3, 0.4) is 0 Å². The fraction of sp³-hybridized carbons (Fsp3) is 0.385. The maximum atomic E-state index is 11.9. The second-order valence-corrected chi connectivity index (χ2v) is 5.73. The van der Waals surface area contributed by atoms with Gasteiger partial charge in [0.1, 0.15) is 24.0 Å². The van der Waals surface area contributed by atoms with Crippen molar-refractivity contribution in [1.29, 1.82) is 0 Å². The maximum absolute atomic E-state index is 11.9. The Morgan fingerprint density at radius 2 is 2.33 bits per heavy atom. The first-order valence-electron chi connectivity index (χ1n) is 6.53. The van der Waals surface area contributed by atoms with Gasteiger partial charge >= 0.3 is 6.09 Å². The zero-order chi connectivity index (χ0) is 14.8. The number of fused-ring (bicyclic) bond motifs is 1. The van der Waals surface area contributed by atoms with Crippen molar-refractivity contribution >= 4 is 41.7 Å². The van der Waals surface area contributed by atoms with Gasteiger partial charge in [0.2, 0.25) is 5.91 Å². The minimum atomic E-state index is -0.479. The number of hydrogen-bond donors (Lipinski definition) is 1. The standard InChI is InChI=1S/C13H13N3O4S/c17-5-1-2-8-6-16(13(19)20-8)10-4-3-9-12(14-10)15-11(18)7-21-9/h3-5,8H,1-2,6-7H2,(H,14,15,18)/t8-/m0/s1. The van der Waals surface area contributed by atoms with Crippen molar-refractivity contribution in [3.8, 4) is 0 Å². The fourth-order valence-electron chi connectivity index (χ4n) is 2.22. The molecule has 8 heteroatoms. The van der Waals surface area contributed by atoms with Crippen molar-refractivity contribution in [2.75, 3.05) is 22.5 Å². The zero-order valence-electron chi connectivity index (χ0n) is 11.1. The number of aromatic nitrogens is 1. The molecule has 110 valence electrons. The molecule has 0 bridgehead atoms. The summed E-state index contributed by atoms with van der Waals surface area (Å²) in [5.41, 5.74) is 0. The number of anilines is 2. The summed E-state index contributed by atoms with van der Waals surface area (Å²) < 4.78 is 5.19. The summed E-state index contributed by atoms with van der Waals surface area (Å²) in [6, 6.07) is 3.56. The Labute approximate surface area is 125 Å². The number of nitrogens with one attached hydrogen (secondary N) is 1. The van der Waals surface area contributed by atoms with Crippen LogP contribution in [0.5, 0.6) is 0 Å². The number of cyclic esters (lactones) is 1. The molecule has 0 unspecified atom stereocenters. The van der Waals surface area contributed by atoms with Crippen molar-refractivity contribution in [3.63, 3.8) is 0 Å². The molecule has 3 rings (SSSR count). The van der Waals surface area contributed by atoms with E-state index in [1.165, 1.54) is 16.7 Å². The second-order valence-electron chi connectivity index (χ2n) is 4.71. The van der Waals surface area contributed by atoms with Crippen LogP contribution in [0.4, 0.5) is 16.4 Å². The van der Waals surface area contributed by atoms with E-state index < -0.39 is 6.09 Å². The van der Waals surface area contributed by atoms with E-state index >= 15 is 0 Å². The molecule has 0 radical (unpaired) electrons. The van der Waals surface area contributed by atoms with Gasteiger partial charge in [-0.2, -0.15) is 0 Å². The fourth-order valence-corrected chi connectivity index (χ4v) is 2.97. The number of rotatable bonds is 4. The molecule has 1 aromatic rings. The monoisotopic (exact) mass is 307 g/mol. The summed E-state index contributed by atoms with van der Waals surface area (Å²) in [5, 5.41) is 2.69. The molecule has 2 aliphatic heterocycles. The van der Waals surface area contributed by atoms with Crippen LogP contribution >= 0.6 is 11.8 Å². The van der Waals surface area contributed by atoms with Crippen LogP contribution in [0, 0.1) is 0 Å². The van der Waals surface area contributed by atoms with Crippen molar-refractivity contribution in [3.05, 3.63) is 12.1 Å². The van der Waals surface area contributed by atoms with Gasteiger partial charge in [-0.05, 0) is 18.6 Å². The number of nitrogens with zero attached hydrogens (tertiary/aromatic N) is 2. The summed E-state index contributed by atoms with van der Waals surface area (Å²) in [5.74, 6) is 1.17. The lowest BCUT2D eigenvalue weighted by atomic mass is 10.2. The molecule has 21 heavy (non-hydrogen) atoms. The Morgan fingerprint density at radius 1 is 1.48 bits per heavy atom. The predicted octanol–water partition coefficient (Wildman–Crippen LogP) is 1.43. The third-order valence-electron chi connectivity index (χ3n) is 3.22. The Hall–Kier alpha value is -2.09. The minimum absolute atomic E-state index is 0.106. The highest BCUT2D eigenvalue weighted by Gasteiger charge is 2.33. The van der Waals surface area contributed by atoms with Gasteiger partial charge in [0.05, 0.1) is 17.2 Å². The lowest BCUT2D eigenvalue weighted by Crippen LogP contribution is -2.27. The lowest BCUT2D eigenvalue weighted by Gasteiger charge is -2.18. The van der Waals surface area contributed by atoms with E-state index in [0.29, 0.717) is 36.8 Å². The van der Waals surface area contributed by atoms with Crippen LogP contribution in [0.2, 0.25) is 0 Å². The number of aldehydes is 1. The number of amides is 2. The maximum Gasteiger partial charge on any atom is 0.415 e. The molecule has 0 aliphatic carbocycles. The Kier molecular flexibility index (Phi) is 3.78. The summed E-state index contributed by atoms with van der Waals surface area (Å²) in [4.78, 5) is 40.2. The molecule has 0 aromatic carbocycles. The molecule has 1 atom stereocenters. The van der Waals surface area contributed by atoms with Crippen molar-refractivity contribution in [1.82, 2.24) is 4.98 Å². The van der Waals surface area contributed by atoms with Gasteiger partial charge < -0.3 is 14.8 Å². The van der Waals surface area contributed by atoms with Gasteiger partial charge in [-0.15, -0.1) is 11.8 Å². The Balaban J connectivity index is 1.78. The first kappa shape index (κ1) is 13.9. The molecule has 2 amide bonds. The van der Waals surface area contributed by atoms with Crippen LogP contribution in [-0.4, -0.2) is 41.7 Å². The van der Waals surface area contributed by atoms with E-state index in [1.54, 1.807) is 6.07 Å². The molecule has 1 N–H and O–H groups in total. The van der Waals surface area contributed by atoms with Crippen molar-refractivity contribution in [2.24, 2.45) is 0 Å². The van der Waals surface area contributed by atoms with Gasteiger partial charge in [0.15, 0.2) is 0 Å². The molecule has 1 saturated heterocycles. The third kappa shape index (κ3) is 2.85. The molecule has 0 spiro atoms. The van der Waals surface area contributed by atoms with Crippen LogP contribution in [-0.2, 0) is 14.3 Å². The summed E-state index contributed by atoms with van der Waals surface area (Å²) in [7, 11) is 0. The van der Waals surface area contributed by atoms with Gasteiger partial charge in [-0.1, -0.05) is 0 Å². The average Bonchev–Trinajstić information content (AvgIpc) is 2.85. The third-order valence-corrected chi connectivity index (χ3v) is 4.26. The molecular formula is C13H13N3O4S. The topological polar surface area (TPSA) is 88.6 Å². The molecule has 7 nitrogen and oxygen atoms in total. The molecule has 1 fully saturated rings. The van der Waals surface area contributed by atoms with Gasteiger partial charge in [0.25, 0.3) is 0 Å². The first-order chi connectivity index (χ1) is 10.2. The number of hydrogen-bond acceptors (Lipinski definition) is 6. The van der Waals surface area contributed by atoms with Gasteiger partial charge in [0, 0.05) is 6.42 Å². The SMILES string of the molecule is O=CCC[C@H]1CN(c2ccc3c(n2)NC(=O)CS3)C(=O)O1. The van der Waals surface area contributed by atoms with E-state index in [4.69, 9.17) is 4.74 Å². The van der Waals surface area contributed by atoms with Crippen molar-refractivity contribution in [2.45, 2.75) is 23.8 Å². The smallest absolute Gasteiger partial charge is 0.415 e. The quantitative estimate of drug-likeness (QED) is 0.847. The minimum Gasteiger partial charge on any atom is -0.444 e. The largest absolute Gasteiger partial charge is 0.444 e. The lowest BCUT2D eigenvalue weighted by molar-refractivity contribution is -0.114. The molecule has 2 aliphatic rings. The average molecular weight is 307 g/mol. The number of ether oxygens (including phenoxy) is 1. The second kappa shape index (κ2) is 5.72. The highest BCUT2D eigenvalue weighted by molar-refractivity contribution is 8.00. The van der Waals surface area contributed by atoms with Crippen LogP contribution < -0.4 is 10.2 Å². The van der Waals surface area contributed by atoms with Crippen LogP contribution in [0.1, 0.15) is 12.8 Å². The van der Waals surface area contributed by atoms with Gasteiger partial charge in [-0.3, -0.25) is 9.69 Å². The Morgan fingerprint density at radius 3 is 3.14 bits per heavy atom. The van der Waals surface area contributed by atoms with E-state index in [9.17, 15) is 14.4 Å². The highest BCUT2D eigenvalue weighted by atomic mass is 32.2. The number of carbonyl (C=O) groups is 3. The normalized spacial score (nSPS) is 20.8. The molecule has 3 heterocycles. The van der Waals surface area contributed by atoms with Crippen molar-refractivity contribution < 1.29 is 19.1 Å². The van der Waals surface area contributed by atoms with E-state index in [2.05, 4.69) is 10.3 Å². The molecular weight excluding hydrogens is 294 g/mol. The zero-order valence-corrected chi connectivity index (χ0v) is 11.9. The summed E-state index contributed by atoms with van der Waals surface area (Å²) >= 11 is 1.41. The van der Waals surface area contributed by atoms with Crippen LogP contribution in [0.15, 0.2) is 17.0 Å². The van der Waals surface area contributed by atoms with Gasteiger partial charge in [-0.25, -0.2) is 9.78 Å². The summed E-state index contributed by atoms with van der Waals surface area (Å²) in [6.45, 7) is 0.361. The molecule has 0 saturated carbocycles. The highest BCUT2D eigenvalue weighted by Crippen LogP contribution is 2.32. The number of carbonyl (C=O) groups excluding carboxylic acids is 3. The summed E-state index contributed by atoms with van der Waals surface area (Å²) in [6.07, 6.45) is 0.886. The van der Waals surface area contributed by atoms with E-state index in [0.717, 1.165) is 11.2 Å². The Bertz CT molecular complexity index is 607. The number of pyridine rings is 1.